The van der Waals surface area contributed by atoms with Crippen molar-refractivity contribution in [2.24, 2.45) is 0 Å². The van der Waals surface area contributed by atoms with Crippen molar-refractivity contribution in [2.75, 3.05) is 5.32 Å². The molecule has 0 fully saturated rings. The molecule has 3 nitrogen and oxygen atoms in total. The lowest BCUT2D eigenvalue weighted by atomic mass is 10.3. The molecule has 1 amide bonds. The highest BCUT2D eigenvalue weighted by Crippen LogP contribution is 2.23. The normalized spacial score (nSPS) is 11.2. The van der Waals surface area contributed by atoms with E-state index in [0.29, 0.717) is 4.47 Å². The Labute approximate surface area is 91.8 Å². The second-order valence-corrected chi connectivity index (χ2v) is 3.55. The van der Waals surface area contributed by atoms with Crippen LogP contribution in [0.15, 0.2) is 22.9 Å². The van der Waals surface area contributed by atoms with Gasteiger partial charge in [-0.2, -0.15) is 13.2 Å². The molecule has 0 saturated carbocycles. The van der Waals surface area contributed by atoms with Crippen LogP contribution in [0.4, 0.5) is 18.9 Å². The van der Waals surface area contributed by atoms with Crippen molar-refractivity contribution in [3.8, 4) is 0 Å². The minimum atomic E-state index is -4.50. The molecule has 0 radical (unpaired) electrons. The molecule has 0 atom stereocenters. The lowest BCUT2D eigenvalue weighted by Crippen LogP contribution is -2.21. The minimum Gasteiger partial charge on any atom is -0.325 e. The summed E-state index contributed by atoms with van der Waals surface area (Å²) in [5.74, 6) is -1.10. The van der Waals surface area contributed by atoms with Crippen LogP contribution in [0.3, 0.4) is 0 Å². The second-order valence-electron chi connectivity index (χ2n) is 2.70. The number of pyridine rings is 1. The fourth-order valence-electron chi connectivity index (χ4n) is 0.853. The van der Waals surface area contributed by atoms with Crippen molar-refractivity contribution in [3.05, 3.63) is 22.9 Å². The Kier molecular flexibility index (Phi) is 3.67. The van der Waals surface area contributed by atoms with Crippen molar-refractivity contribution in [1.29, 1.82) is 0 Å². The highest BCUT2D eigenvalue weighted by molar-refractivity contribution is 9.10. The van der Waals surface area contributed by atoms with Crippen molar-refractivity contribution < 1.29 is 18.0 Å². The topological polar surface area (TPSA) is 42.0 Å². The predicted molar refractivity (Wildman–Crippen MR) is 51.2 cm³/mol. The highest BCUT2D eigenvalue weighted by Gasteiger charge is 2.31. The second kappa shape index (κ2) is 4.61. The van der Waals surface area contributed by atoms with Crippen LogP contribution in [0.25, 0.3) is 0 Å². The van der Waals surface area contributed by atoms with Gasteiger partial charge >= 0.3 is 6.18 Å². The van der Waals surface area contributed by atoms with E-state index < -0.39 is 18.5 Å². The van der Waals surface area contributed by atoms with Crippen molar-refractivity contribution in [1.82, 2.24) is 4.98 Å². The summed E-state index contributed by atoms with van der Waals surface area (Å²) in [5, 5.41) is 2.12. The van der Waals surface area contributed by atoms with Gasteiger partial charge in [0.2, 0.25) is 5.91 Å². The van der Waals surface area contributed by atoms with E-state index in [1.165, 1.54) is 18.5 Å². The number of hydrogen-bond acceptors (Lipinski definition) is 2. The van der Waals surface area contributed by atoms with Crippen LogP contribution in [0.5, 0.6) is 0 Å². The first-order valence-corrected chi connectivity index (χ1v) is 4.64. The Bertz CT molecular complexity index is 367. The molecule has 0 saturated heterocycles. The summed E-state index contributed by atoms with van der Waals surface area (Å²) in [7, 11) is 0. The van der Waals surface area contributed by atoms with E-state index in [-0.39, 0.29) is 5.69 Å². The van der Waals surface area contributed by atoms with E-state index in [0.717, 1.165) is 0 Å². The number of rotatable bonds is 2. The number of nitrogens with zero attached hydrogens (tertiary/aromatic N) is 1. The Morgan fingerprint density at radius 1 is 1.53 bits per heavy atom. The Morgan fingerprint density at radius 2 is 2.20 bits per heavy atom. The minimum absolute atomic E-state index is 0.263. The third-order valence-corrected chi connectivity index (χ3v) is 2.04. The largest absolute Gasteiger partial charge is 0.397 e. The van der Waals surface area contributed by atoms with Crippen LogP contribution < -0.4 is 5.32 Å². The SMILES string of the molecule is O=C(CC(F)(F)F)Nc1ccncc1Br. The average molecular weight is 283 g/mol. The first kappa shape index (κ1) is 12.0. The van der Waals surface area contributed by atoms with Gasteiger partial charge in [-0.3, -0.25) is 9.78 Å². The molecule has 0 spiro atoms. The van der Waals surface area contributed by atoms with Gasteiger partial charge in [0.15, 0.2) is 0 Å². The molecule has 0 aliphatic heterocycles. The third kappa shape index (κ3) is 4.28. The number of halogens is 4. The first-order valence-electron chi connectivity index (χ1n) is 3.84. The van der Waals surface area contributed by atoms with Gasteiger partial charge in [-0.15, -0.1) is 0 Å². The zero-order valence-corrected chi connectivity index (χ0v) is 8.89. The van der Waals surface area contributed by atoms with E-state index in [2.05, 4.69) is 26.2 Å². The molecule has 82 valence electrons. The Hall–Kier alpha value is -1.11. The molecular weight excluding hydrogens is 277 g/mol. The average Bonchev–Trinajstić information content (AvgIpc) is 2.05. The van der Waals surface area contributed by atoms with E-state index in [1.54, 1.807) is 0 Å². The molecule has 0 bridgehead atoms. The third-order valence-electron chi connectivity index (χ3n) is 1.41. The van der Waals surface area contributed by atoms with Gasteiger partial charge < -0.3 is 5.32 Å². The van der Waals surface area contributed by atoms with E-state index >= 15 is 0 Å². The summed E-state index contributed by atoms with van der Waals surface area (Å²) in [4.78, 5) is 14.6. The lowest BCUT2D eigenvalue weighted by Gasteiger charge is -2.08. The Morgan fingerprint density at radius 3 is 2.73 bits per heavy atom. The van der Waals surface area contributed by atoms with E-state index in [4.69, 9.17) is 0 Å². The number of amides is 1. The summed E-state index contributed by atoms with van der Waals surface area (Å²) < 4.78 is 35.9. The maximum atomic E-state index is 11.8. The van der Waals surface area contributed by atoms with Gasteiger partial charge in [-0.05, 0) is 22.0 Å². The molecule has 1 N–H and O–H groups in total. The van der Waals surface area contributed by atoms with Crippen LogP contribution >= 0.6 is 15.9 Å². The molecular formula is C8H6BrF3N2O. The van der Waals surface area contributed by atoms with Gasteiger partial charge in [0.05, 0.1) is 10.2 Å². The molecule has 0 aliphatic rings. The smallest absolute Gasteiger partial charge is 0.325 e. The first-order chi connectivity index (χ1) is 6.88. The number of aromatic nitrogens is 1. The molecule has 7 heteroatoms. The van der Waals surface area contributed by atoms with Crippen molar-refractivity contribution in [3.63, 3.8) is 0 Å². The van der Waals surface area contributed by atoms with Gasteiger partial charge in [0, 0.05) is 12.4 Å². The maximum Gasteiger partial charge on any atom is 0.397 e. The van der Waals surface area contributed by atoms with Crippen LogP contribution in [-0.2, 0) is 4.79 Å². The molecule has 1 rings (SSSR count). The monoisotopic (exact) mass is 282 g/mol. The number of nitrogens with one attached hydrogen (secondary N) is 1. The quantitative estimate of drug-likeness (QED) is 0.906. The van der Waals surface area contributed by atoms with E-state index in [9.17, 15) is 18.0 Å². The number of carbonyl (C=O) groups excluding carboxylic acids is 1. The standard InChI is InChI=1S/C8H6BrF3N2O/c9-5-4-13-2-1-6(5)14-7(15)3-8(10,11)12/h1-2,4H,3H2,(H,13,14,15). The van der Waals surface area contributed by atoms with Crippen molar-refractivity contribution in [2.45, 2.75) is 12.6 Å². The fourth-order valence-corrected chi connectivity index (χ4v) is 1.20. The summed E-state index contributed by atoms with van der Waals surface area (Å²) in [6.45, 7) is 0. The summed E-state index contributed by atoms with van der Waals surface area (Å²) in [6, 6.07) is 1.40. The number of carbonyl (C=O) groups is 1. The molecule has 15 heavy (non-hydrogen) atoms. The molecule has 0 unspecified atom stereocenters. The van der Waals surface area contributed by atoms with Crippen molar-refractivity contribution >= 4 is 27.5 Å². The summed E-state index contributed by atoms with van der Waals surface area (Å²) in [6.07, 6.45) is -3.25. The molecule has 0 aromatic carbocycles. The predicted octanol–water partition coefficient (Wildman–Crippen LogP) is 2.74. The number of hydrogen-bond donors (Lipinski definition) is 1. The van der Waals surface area contributed by atoms with Gasteiger partial charge in [-0.25, -0.2) is 0 Å². The number of alkyl halides is 3. The number of anilines is 1. The highest BCUT2D eigenvalue weighted by atomic mass is 79.9. The molecule has 1 heterocycles. The summed E-state index contributed by atoms with van der Waals surface area (Å²) in [5.41, 5.74) is 0.263. The van der Waals surface area contributed by atoms with Gasteiger partial charge in [-0.1, -0.05) is 0 Å². The van der Waals surface area contributed by atoms with Crippen LogP contribution in [-0.4, -0.2) is 17.1 Å². The lowest BCUT2D eigenvalue weighted by molar-refractivity contribution is -0.150. The van der Waals surface area contributed by atoms with Crippen LogP contribution in [0, 0.1) is 0 Å². The zero-order valence-electron chi connectivity index (χ0n) is 7.31. The molecule has 1 aromatic rings. The van der Waals surface area contributed by atoms with Gasteiger partial charge in [0.1, 0.15) is 6.42 Å². The van der Waals surface area contributed by atoms with E-state index in [1.807, 2.05) is 0 Å². The summed E-state index contributed by atoms with van der Waals surface area (Å²) >= 11 is 3.05. The maximum absolute atomic E-state index is 11.8. The zero-order chi connectivity index (χ0) is 11.5. The van der Waals surface area contributed by atoms with Gasteiger partial charge in [0.25, 0.3) is 0 Å². The molecule has 1 aromatic heterocycles. The Balaban J connectivity index is 2.64. The van der Waals surface area contributed by atoms with Crippen LogP contribution in [0.2, 0.25) is 0 Å². The van der Waals surface area contributed by atoms with Crippen LogP contribution in [0.1, 0.15) is 6.42 Å². The fraction of sp³-hybridized carbons (Fsp3) is 0.250. The molecule has 0 aliphatic carbocycles.